The largest absolute Gasteiger partial charge is 0.377 e. The van der Waals surface area contributed by atoms with E-state index >= 15 is 0 Å². The van der Waals surface area contributed by atoms with Gasteiger partial charge in [0.25, 0.3) is 0 Å². The summed E-state index contributed by atoms with van der Waals surface area (Å²) in [4.78, 5) is 0. The van der Waals surface area contributed by atoms with Gasteiger partial charge in [-0.1, -0.05) is 29.8 Å². The van der Waals surface area contributed by atoms with Gasteiger partial charge in [-0.15, -0.1) is 0 Å². The maximum atomic E-state index is 6.11. The lowest BCUT2D eigenvalue weighted by Crippen LogP contribution is -2.37. The second-order valence-electron chi connectivity index (χ2n) is 4.20. The summed E-state index contributed by atoms with van der Waals surface area (Å²) in [7, 11) is 1.69. The first-order valence-corrected chi connectivity index (χ1v) is 4.84. The summed E-state index contributed by atoms with van der Waals surface area (Å²) in [6.45, 7) is 6.06. The zero-order valence-electron chi connectivity index (χ0n) is 9.37. The first kappa shape index (κ1) is 11.2. The third-order valence-electron chi connectivity index (χ3n) is 2.71. The summed E-state index contributed by atoms with van der Waals surface area (Å²) in [5.41, 5.74) is 8.14. The van der Waals surface area contributed by atoms with Gasteiger partial charge in [0.05, 0.1) is 11.6 Å². The highest BCUT2D eigenvalue weighted by Crippen LogP contribution is 2.25. The van der Waals surface area contributed by atoms with Crippen LogP contribution in [0.4, 0.5) is 0 Å². The van der Waals surface area contributed by atoms with Gasteiger partial charge in [0, 0.05) is 7.11 Å². The van der Waals surface area contributed by atoms with Gasteiger partial charge in [-0.3, -0.25) is 0 Å². The molecule has 14 heavy (non-hydrogen) atoms. The average molecular weight is 193 g/mol. The number of hydrogen-bond donors (Lipinski definition) is 1. The Bertz CT molecular complexity index is 290. The molecule has 2 N–H and O–H groups in total. The van der Waals surface area contributed by atoms with E-state index in [9.17, 15) is 0 Å². The summed E-state index contributed by atoms with van der Waals surface area (Å²) in [5, 5.41) is 0. The standard InChI is InChI=1S/C12H19NO/c1-9-5-7-10(8-6-9)11(13)12(2,3)14-4/h5-8,11H,13H2,1-4H3. The lowest BCUT2D eigenvalue weighted by Gasteiger charge is -2.30. The van der Waals surface area contributed by atoms with Crippen molar-refractivity contribution in [3.63, 3.8) is 0 Å². The van der Waals surface area contributed by atoms with Crippen molar-refractivity contribution in [1.29, 1.82) is 0 Å². The topological polar surface area (TPSA) is 35.2 Å². The van der Waals surface area contributed by atoms with Crippen LogP contribution in [-0.2, 0) is 4.74 Å². The molecule has 0 aliphatic rings. The predicted octanol–water partition coefficient (Wildman–Crippen LogP) is 2.42. The van der Waals surface area contributed by atoms with Gasteiger partial charge >= 0.3 is 0 Å². The van der Waals surface area contributed by atoms with Crippen LogP contribution in [0.15, 0.2) is 24.3 Å². The molecule has 2 heteroatoms. The van der Waals surface area contributed by atoms with Gasteiger partial charge in [0.15, 0.2) is 0 Å². The van der Waals surface area contributed by atoms with E-state index in [1.165, 1.54) is 5.56 Å². The van der Waals surface area contributed by atoms with Crippen molar-refractivity contribution >= 4 is 0 Å². The first-order chi connectivity index (χ1) is 6.47. The number of methoxy groups -OCH3 is 1. The van der Waals surface area contributed by atoms with Crippen LogP contribution in [0.2, 0.25) is 0 Å². The van der Waals surface area contributed by atoms with Crippen LogP contribution in [0, 0.1) is 6.92 Å². The molecule has 2 nitrogen and oxygen atoms in total. The van der Waals surface area contributed by atoms with Crippen molar-refractivity contribution in [2.45, 2.75) is 32.4 Å². The molecule has 0 bridgehead atoms. The normalized spacial score (nSPS) is 14.1. The lowest BCUT2D eigenvalue weighted by atomic mass is 9.92. The average Bonchev–Trinajstić information content (AvgIpc) is 2.18. The van der Waals surface area contributed by atoms with E-state index in [4.69, 9.17) is 10.5 Å². The van der Waals surface area contributed by atoms with Crippen LogP contribution in [0.1, 0.15) is 31.0 Å². The van der Waals surface area contributed by atoms with E-state index in [1.807, 2.05) is 13.8 Å². The Morgan fingerprint density at radius 3 is 2.14 bits per heavy atom. The molecule has 0 aliphatic heterocycles. The third-order valence-corrected chi connectivity index (χ3v) is 2.71. The fourth-order valence-corrected chi connectivity index (χ4v) is 1.30. The van der Waals surface area contributed by atoms with Crippen LogP contribution in [0.25, 0.3) is 0 Å². The quantitative estimate of drug-likeness (QED) is 0.800. The monoisotopic (exact) mass is 193 g/mol. The Morgan fingerprint density at radius 2 is 1.71 bits per heavy atom. The molecule has 0 saturated carbocycles. The Morgan fingerprint density at radius 1 is 1.21 bits per heavy atom. The Kier molecular flexibility index (Phi) is 3.29. The van der Waals surface area contributed by atoms with Crippen molar-refractivity contribution in [2.24, 2.45) is 5.73 Å². The van der Waals surface area contributed by atoms with Crippen molar-refractivity contribution < 1.29 is 4.74 Å². The number of hydrogen-bond acceptors (Lipinski definition) is 2. The molecule has 0 radical (unpaired) electrons. The number of aryl methyl sites for hydroxylation is 1. The molecule has 1 aromatic rings. The first-order valence-electron chi connectivity index (χ1n) is 4.84. The maximum Gasteiger partial charge on any atom is 0.0814 e. The second kappa shape index (κ2) is 4.11. The highest BCUT2D eigenvalue weighted by Gasteiger charge is 2.26. The molecule has 0 aliphatic carbocycles. The minimum Gasteiger partial charge on any atom is -0.377 e. The highest BCUT2D eigenvalue weighted by atomic mass is 16.5. The number of ether oxygens (including phenoxy) is 1. The van der Waals surface area contributed by atoms with Gasteiger partial charge < -0.3 is 10.5 Å². The van der Waals surface area contributed by atoms with E-state index in [2.05, 4.69) is 31.2 Å². The van der Waals surface area contributed by atoms with Crippen molar-refractivity contribution in [2.75, 3.05) is 7.11 Å². The zero-order valence-corrected chi connectivity index (χ0v) is 9.37. The summed E-state index contributed by atoms with van der Waals surface area (Å²) in [6, 6.07) is 8.16. The lowest BCUT2D eigenvalue weighted by molar-refractivity contribution is -0.0000332. The number of rotatable bonds is 3. The van der Waals surface area contributed by atoms with Crippen molar-refractivity contribution in [3.05, 3.63) is 35.4 Å². The van der Waals surface area contributed by atoms with E-state index in [0.29, 0.717) is 0 Å². The minimum absolute atomic E-state index is 0.0897. The molecule has 1 atom stereocenters. The molecule has 0 heterocycles. The van der Waals surface area contributed by atoms with Gasteiger partial charge in [0.1, 0.15) is 0 Å². The molecule has 1 aromatic carbocycles. The van der Waals surface area contributed by atoms with Crippen molar-refractivity contribution in [3.8, 4) is 0 Å². The predicted molar refractivity (Wildman–Crippen MR) is 59.2 cm³/mol. The Labute approximate surface area is 86.1 Å². The molecular weight excluding hydrogens is 174 g/mol. The van der Waals surface area contributed by atoms with Crippen LogP contribution in [0.3, 0.4) is 0 Å². The summed E-state index contributed by atoms with van der Waals surface area (Å²) >= 11 is 0. The fraction of sp³-hybridized carbons (Fsp3) is 0.500. The van der Waals surface area contributed by atoms with E-state index in [0.717, 1.165) is 5.56 Å². The van der Waals surface area contributed by atoms with Crippen LogP contribution < -0.4 is 5.73 Å². The molecular formula is C12H19NO. The Hall–Kier alpha value is -0.860. The molecule has 0 spiro atoms. The van der Waals surface area contributed by atoms with Gasteiger partial charge in [-0.05, 0) is 26.3 Å². The van der Waals surface area contributed by atoms with Crippen LogP contribution in [-0.4, -0.2) is 12.7 Å². The highest BCUT2D eigenvalue weighted by molar-refractivity contribution is 5.25. The molecule has 1 rings (SSSR count). The minimum atomic E-state index is -0.324. The molecule has 1 unspecified atom stereocenters. The third kappa shape index (κ3) is 2.34. The number of nitrogens with two attached hydrogens (primary N) is 1. The summed E-state index contributed by atoms with van der Waals surface area (Å²) in [6.07, 6.45) is 0. The SMILES string of the molecule is COC(C)(C)C(N)c1ccc(C)cc1. The fourth-order valence-electron chi connectivity index (χ4n) is 1.30. The molecule has 0 aromatic heterocycles. The second-order valence-corrected chi connectivity index (χ2v) is 4.20. The van der Waals surface area contributed by atoms with Gasteiger partial charge in [-0.25, -0.2) is 0 Å². The van der Waals surface area contributed by atoms with Crippen LogP contribution >= 0.6 is 0 Å². The smallest absolute Gasteiger partial charge is 0.0814 e. The number of benzene rings is 1. The molecule has 0 fully saturated rings. The molecule has 78 valence electrons. The Balaban J connectivity index is 2.89. The molecule has 0 amide bonds. The summed E-state index contributed by atoms with van der Waals surface area (Å²) in [5.74, 6) is 0. The van der Waals surface area contributed by atoms with Crippen LogP contribution in [0.5, 0.6) is 0 Å². The van der Waals surface area contributed by atoms with E-state index in [-0.39, 0.29) is 11.6 Å². The van der Waals surface area contributed by atoms with E-state index in [1.54, 1.807) is 7.11 Å². The van der Waals surface area contributed by atoms with E-state index < -0.39 is 0 Å². The van der Waals surface area contributed by atoms with Crippen molar-refractivity contribution in [1.82, 2.24) is 0 Å². The van der Waals surface area contributed by atoms with Gasteiger partial charge in [-0.2, -0.15) is 0 Å². The molecule has 0 saturated heterocycles. The maximum absolute atomic E-state index is 6.11. The van der Waals surface area contributed by atoms with Gasteiger partial charge in [0.2, 0.25) is 0 Å². The summed E-state index contributed by atoms with van der Waals surface area (Å²) < 4.78 is 5.36. The zero-order chi connectivity index (χ0) is 10.8.